The molecule has 9 N–H and O–H groups in total. The number of hydrogen-bond donors (Lipinski definition) is 7. The van der Waals surface area contributed by atoms with Gasteiger partial charge in [-0.1, -0.05) is 125 Å². The number of carbonyl (C=O) groups is 6. The van der Waals surface area contributed by atoms with Gasteiger partial charge in [0.25, 0.3) is 0 Å². The number of nitrogens with one attached hydrogen (secondary N) is 4. The minimum Gasteiger partial charge on any atom is -0.480 e. The summed E-state index contributed by atoms with van der Waals surface area (Å²) in [5.41, 5.74) is 13.3. The van der Waals surface area contributed by atoms with Crippen molar-refractivity contribution in [1.82, 2.24) is 31.1 Å². The highest BCUT2D eigenvalue weighted by Crippen LogP contribution is 2.23. The lowest BCUT2D eigenvalue weighted by molar-refractivity contribution is -0.145. The molecule has 4 aromatic carbocycles. The number of nitrogens with two attached hydrogens (primary N) is 2. The van der Waals surface area contributed by atoms with Crippen LogP contribution in [-0.2, 0) is 46.6 Å². The smallest absolute Gasteiger partial charge is 0.328 e. The van der Waals surface area contributed by atoms with Gasteiger partial charge in [-0.3, -0.25) is 29.0 Å². The van der Waals surface area contributed by atoms with E-state index in [0.717, 1.165) is 51.3 Å². The second-order valence-corrected chi connectivity index (χ2v) is 20.4. The lowest BCUT2D eigenvalue weighted by Crippen LogP contribution is -2.51. The van der Waals surface area contributed by atoms with E-state index in [2.05, 4.69) is 79.3 Å². The average molecular weight is 1050 g/mol. The molecule has 73 heavy (non-hydrogen) atoms. The highest BCUT2D eigenvalue weighted by atomic mass is 32.2. The van der Waals surface area contributed by atoms with Crippen molar-refractivity contribution in [2.75, 3.05) is 70.4 Å². The van der Waals surface area contributed by atoms with Gasteiger partial charge in [0, 0.05) is 64.2 Å². The van der Waals surface area contributed by atoms with Crippen molar-refractivity contribution in [3.05, 3.63) is 96.1 Å². The maximum atomic E-state index is 13.2. The third-order valence-electron chi connectivity index (χ3n) is 13.0. The van der Waals surface area contributed by atoms with E-state index in [1.807, 2.05) is 76.9 Å². The van der Waals surface area contributed by atoms with Gasteiger partial charge in [-0.25, -0.2) is 9.59 Å². The van der Waals surface area contributed by atoms with Crippen LogP contribution < -0.4 is 32.7 Å². The Labute approximate surface area is 441 Å². The van der Waals surface area contributed by atoms with Crippen LogP contribution in [-0.4, -0.2) is 145 Å². The number of carboxylic acid groups (broad SMARTS) is 1. The number of amides is 4. The summed E-state index contributed by atoms with van der Waals surface area (Å²) < 4.78 is 4.90. The molecular formula is C55H82N8O8S2. The number of ether oxygens (including phenoxy) is 1. The molecule has 0 bridgehead atoms. The molecule has 402 valence electrons. The Hall–Kier alpha value is -5.24. The van der Waals surface area contributed by atoms with Crippen LogP contribution >= 0.6 is 23.5 Å². The number of aliphatic carboxylic acids is 1. The lowest BCUT2D eigenvalue weighted by atomic mass is 9.97. The fraction of sp³-hybridized carbons (Fsp3) is 0.527. The van der Waals surface area contributed by atoms with Crippen molar-refractivity contribution in [2.45, 2.75) is 103 Å². The maximum absolute atomic E-state index is 13.2. The number of benzene rings is 4. The molecule has 6 atom stereocenters. The largest absolute Gasteiger partial charge is 0.480 e. The van der Waals surface area contributed by atoms with Crippen molar-refractivity contribution >= 4 is 80.6 Å². The zero-order chi connectivity index (χ0) is 53.7. The zero-order valence-corrected chi connectivity index (χ0v) is 45.7. The fourth-order valence-corrected chi connectivity index (χ4v) is 9.34. The van der Waals surface area contributed by atoms with Crippen molar-refractivity contribution in [3.8, 4) is 0 Å². The summed E-state index contributed by atoms with van der Waals surface area (Å²) >= 11 is 3.15. The van der Waals surface area contributed by atoms with E-state index in [1.165, 1.54) is 7.11 Å². The Morgan fingerprint density at radius 1 is 0.589 bits per heavy atom. The van der Waals surface area contributed by atoms with Gasteiger partial charge in [-0.15, -0.1) is 0 Å². The van der Waals surface area contributed by atoms with Gasteiger partial charge in [0.15, 0.2) is 0 Å². The molecule has 0 saturated heterocycles. The van der Waals surface area contributed by atoms with Crippen LogP contribution in [0.4, 0.5) is 0 Å². The van der Waals surface area contributed by atoms with Gasteiger partial charge in [0.2, 0.25) is 23.6 Å². The van der Waals surface area contributed by atoms with Gasteiger partial charge in [-0.2, -0.15) is 23.5 Å². The predicted molar refractivity (Wildman–Crippen MR) is 298 cm³/mol. The summed E-state index contributed by atoms with van der Waals surface area (Å²) in [6.07, 6.45) is 6.94. The van der Waals surface area contributed by atoms with E-state index in [4.69, 9.17) is 16.2 Å². The molecule has 4 amide bonds. The third kappa shape index (κ3) is 22.0. The number of esters is 1. The molecule has 4 aromatic rings. The van der Waals surface area contributed by atoms with E-state index < -0.39 is 24.0 Å². The second-order valence-electron chi connectivity index (χ2n) is 18.5. The Bertz CT molecular complexity index is 2330. The molecule has 16 nitrogen and oxygen atoms in total. The standard InChI is InChI=1S/C28H42N4O4S.C27H40N4O4S/c1-5-20(2)25(31-26(33)13-15-29)18-32(17-22-11-8-10-21-9-6-7-12-23(21)22)19-27(34)30-24(14-16-37-4)28(35)36-3;1-4-19(2)24(30-25(32)12-14-28)17-31(18-26(33)29-23(27(34)35)13-15-36-3)16-21-10-7-9-20-8-5-6-11-22(20)21/h6-12,20,24-25H,5,13-19,29H2,1-4H3,(H,30,34)(H,31,33);5-11,19,23-24H,4,12-18,28H2,1-3H3,(H,29,33)(H,30,32)(H,34,35)/t20-,24-,25+;19-,23-,24+/m00/s1. The van der Waals surface area contributed by atoms with Crippen molar-refractivity contribution in [2.24, 2.45) is 23.3 Å². The Morgan fingerprint density at radius 3 is 1.37 bits per heavy atom. The molecule has 18 heteroatoms. The molecule has 4 rings (SSSR count). The first kappa shape index (κ1) is 62.1. The van der Waals surface area contributed by atoms with Gasteiger partial charge in [0.1, 0.15) is 12.1 Å². The Balaban J connectivity index is 0.000000385. The first-order valence-electron chi connectivity index (χ1n) is 25.3. The molecular weight excluding hydrogens is 965 g/mol. The van der Waals surface area contributed by atoms with Crippen molar-refractivity contribution in [1.29, 1.82) is 0 Å². The molecule has 0 aliphatic heterocycles. The van der Waals surface area contributed by atoms with E-state index >= 15 is 0 Å². The number of rotatable bonds is 32. The van der Waals surface area contributed by atoms with Crippen LogP contribution in [0.5, 0.6) is 0 Å². The first-order valence-corrected chi connectivity index (χ1v) is 28.1. The molecule has 0 radical (unpaired) electrons. The monoisotopic (exact) mass is 1050 g/mol. The number of methoxy groups -OCH3 is 1. The molecule has 0 fully saturated rings. The van der Waals surface area contributed by atoms with Gasteiger partial charge in [-0.05, 0) is 81.4 Å². The van der Waals surface area contributed by atoms with Crippen LogP contribution in [0.25, 0.3) is 21.5 Å². The van der Waals surface area contributed by atoms with Crippen molar-refractivity contribution in [3.63, 3.8) is 0 Å². The van der Waals surface area contributed by atoms with Crippen LogP contribution in [0.1, 0.15) is 77.3 Å². The minimum atomic E-state index is -1.04. The summed E-state index contributed by atoms with van der Waals surface area (Å²) in [5, 5.41) is 25.8. The van der Waals surface area contributed by atoms with Crippen LogP contribution in [0.3, 0.4) is 0 Å². The zero-order valence-electron chi connectivity index (χ0n) is 44.0. The number of carbonyl (C=O) groups excluding carboxylic acids is 5. The third-order valence-corrected chi connectivity index (χ3v) is 14.3. The highest BCUT2D eigenvalue weighted by molar-refractivity contribution is 7.98. The molecule has 0 aliphatic carbocycles. The van der Waals surface area contributed by atoms with E-state index in [-0.39, 0.29) is 86.6 Å². The van der Waals surface area contributed by atoms with Crippen LogP contribution in [0.15, 0.2) is 84.9 Å². The minimum absolute atomic E-state index is 0.0198. The molecule has 0 heterocycles. The Morgan fingerprint density at radius 2 is 0.986 bits per heavy atom. The molecule has 0 spiro atoms. The number of thioether (sulfide) groups is 2. The van der Waals surface area contributed by atoms with Gasteiger partial charge in [0.05, 0.1) is 20.2 Å². The Kier molecular flexibility index (Phi) is 29.1. The first-order chi connectivity index (χ1) is 35.1. The normalized spacial score (nSPS) is 13.7. The summed E-state index contributed by atoms with van der Waals surface area (Å²) in [5.74, 6) is -0.552. The van der Waals surface area contributed by atoms with Crippen LogP contribution in [0.2, 0.25) is 0 Å². The lowest BCUT2D eigenvalue weighted by Gasteiger charge is -2.31. The molecule has 0 unspecified atom stereocenters. The second kappa shape index (κ2) is 34.3. The predicted octanol–water partition coefficient (Wildman–Crippen LogP) is 5.78. The number of hydrogen-bond acceptors (Lipinski definition) is 13. The summed E-state index contributed by atoms with van der Waals surface area (Å²) in [6.45, 7) is 10.9. The van der Waals surface area contributed by atoms with E-state index in [9.17, 15) is 33.9 Å². The maximum Gasteiger partial charge on any atom is 0.328 e. The summed E-state index contributed by atoms with van der Waals surface area (Å²) in [4.78, 5) is 78.9. The number of nitrogens with zero attached hydrogens (tertiary/aromatic N) is 2. The SMILES string of the molecule is CC[C@H](C)[C@@H](CN(CC(=O)N[C@@H](CCSC)C(=O)O)Cc1cccc2ccccc12)NC(=O)CCN.CC[C@H](C)[C@@H](CN(CC(=O)N[C@@H](CCSC)C(=O)OC)Cc1cccc2ccccc12)NC(=O)CCN. The molecule has 0 aliphatic rings. The van der Waals surface area contributed by atoms with E-state index in [0.29, 0.717) is 44.8 Å². The van der Waals surface area contributed by atoms with E-state index in [1.54, 1.807) is 23.5 Å². The molecule has 0 aromatic heterocycles. The number of fused-ring (bicyclic) bond motifs is 2. The summed E-state index contributed by atoms with van der Waals surface area (Å²) in [6, 6.07) is 26.5. The van der Waals surface area contributed by atoms with Gasteiger partial charge >= 0.3 is 11.9 Å². The van der Waals surface area contributed by atoms with Crippen molar-refractivity contribution < 1.29 is 38.6 Å². The quantitative estimate of drug-likeness (QED) is 0.0288. The summed E-state index contributed by atoms with van der Waals surface area (Å²) in [7, 11) is 1.33. The highest BCUT2D eigenvalue weighted by Gasteiger charge is 2.28. The fourth-order valence-electron chi connectivity index (χ4n) is 8.40. The molecule has 0 saturated carbocycles. The van der Waals surface area contributed by atoms with Gasteiger partial charge < -0.3 is 42.6 Å². The topological polar surface area (TPSA) is 239 Å². The number of carboxylic acids is 1. The average Bonchev–Trinajstić information content (AvgIpc) is 3.38. The van der Waals surface area contributed by atoms with Crippen LogP contribution in [0, 0.1) is 11.8 Å².